The summed E-state index contributed by atoms with van der Waals surface area (Å²) in [5.74, 6) is -0.732. The summed E-state index contributed by atoms with van der Waals surface area (Å²) in [7, 11) is 1.58. The summed E-state index contributed by atoms with van der Waals surface area (Å²) in [5, 5.41) is 0. The zero-order chi connectivity index (χ0) is 28.6. The number of carbonyl (C=O) groups is 2. The molecule has 0 atom stereocenters. The van der Waals surface area contributed by atoms with Gasteiger partial charge in [-0.2, -0.15) is 0 Å². The Balaban J connectivity index is 1.51. The zero-order valence-electron chi connectivity index (χ0n) is 23.7. The van der Waals surface area contributed by atoms with Crippen LogP contribution in [0.3, 0.4) is 0 Å². The number of piperazine rings is 1. The van der Waals surface area contributed by atoms with Crippen molar-refractivity contribution in [3.8, 4) is 22.7 Å². The number of ether oxygens (including phenoxy) is 1. The first-order valence-corrected chi connectivity index (χ1v) is 14.2. The van der Waals surface area contributed by atoms with Crippen LogP contribution in [0.1, 0.15) is 67.9 Å². The van der Waals surface area contributed by atoms with Crippen molar-refractivity contribution in [2.24, 2.45) is 0 Å². The molecule has 0 bridgehead atoms. The lowest BCUT2D eigenvalue weighted by molar-refractivity contribution is -0.132. The molecule has 40 heavy (non-hydrogen) atoms. The van der Waals surface area contributed by atoms with E-state index < -0.39 is 11.6 Å². The van der Waals surface area contributed by atoms with Crippen LogP contribution in [0, 0.1) is 18.6 Å². The van der Waals surface area contributed by atoms with Crippen LogP contribution in [0.15, 0.2) is 48.5 Å². The Hall–Kier alpha value is -3.68. The van der Waals surface area contributed by atoms with Gasteiger partial charge in [0.1, 0.15) is 17.4 Å². The van der Waals surface area contributed by atoms with E-state index >= 15 is 0 Å². The number of nitrogens with zero attached hydrogens (tertiary/aromatic N) is 3. The van der Waals surface area contributed by atoms with Crippen molar-refractivity contribution in [2.75, 3.05) is 33.3 Å². The van der Waals surface area contributed by atoms with Crippen LogP contribution >= 0.6 is 0 Å². The monoisotopic (exact) mass is 551 g/mol. The SMILES string of the molecule is CCCCCCCCC(=O)N1CCN(C(=O)c2cc(-c3ccc(OC)cc3)n(-c3ccc(F)cc3F)c2C)CC1. The Labute approximate surface area is 235 Å². The van der Waals surface area contributed by atoms with Crippen molar-refractivity contribution in [3.05, 3.63) is 71.4 Å². The van der Waals surface area contributed by atoms with Gasteiger partial charge in [0.15, 0.2) is 0 Å². The van der Waals surface area contributed by atoms with Crippen LogP contribution < -0.4 is 4.74 Å². The molecule has 0 radical (unpaired) electrons. The maximum absolute atomic E-state index is 15.0. The minimum atomic E-state index is -0.718. The highest BCUT2D eigenvalue weighted by molar-refractivity contribution is 5.97. The largest absolute Gasteiger partial charge is 0.497 e. The molecular weight excluding hydrogens is 512 g/mol. The number of hydrogen-bond donors (Lipinski definition) is 0. The molecular formula is C32H39F2N3O3. The average molecular weight is 552 g/mol. The van der Waals surface area contributed by atoms with Crippen molar-refractivity contribution in [1.29, 1.82) is 0 Å². The second-order valence-corrected chi connectivity index (χ2v) is 10.4. The predicted molar refractivity (Wildman–Crippen MR) is 153 cm³/mol. The van der Waals surface area contributed by atoms with Gasteiger partial charge in [-0.15, -0.1) is 0 Å². The molecule has 1 aliphatic heterocycles. The second-order valence-electron chi connectivity index (χ2n) is 10.4. The van der Waals surface area contributed by atoms with E-state index in [0.29, 0.717) is 55.3 Å². The highest BCUT2D eigenvalue weighted by Gasteiger charge is 2.28. The van der Waals surface area contributed by atoms with Gasteiger partial charge >= 0.3 is 0 Å². The highest BCUT2D eigenvalue weighted by Crippen LogP contribution is 2.32. The highest BCUT2D eigenvalue weighted by atomic mass is 19.1. The van der Waals surface area contributed by atoms with Crippen LogP contribution in [0.25, 0.3) is 16.9 Å². The first-order valence-electron chi connectivity index (χ1n) is 14.2. The lowest BCUT2D eigenvalue weighted by Gasteiger charge is -2.35. The maximum atomic E-state index is 15.0. The summed E-state index contributed by atoms with van der Waals surface area (Å²) in [4.78, 5) is 30.0. The number of hydrogen-bond acceptors (Lipinski definition) is 3. The van der Waals surface area contributed by atoms with Crippen LogP contribution in [0.4, 0.5) is 8.78 Å². The van der Waals surface area contributed by atoms with E-state index in [2.05, 4.69) is 6.92 Å². The van der Waals surface area contributed by atoms with E-state index in [4.69, 9.17) is 4.74 Å². The minimum absolute atomic E-state index is 0.151. The first-order chi connectivity index (χ1) is 19.3. The number of unbranched alkanes of at least 4 members (excludes halogenated alkanes) is 5. The van der Waals surface area contributed by atoms with Crippen LogP contribution in [0.2, 0.25) is 0 Å². The van der Waals surface area contributed by atoms with Gasteiger partial charge in [-0.3, -0.25) is 9.59 Å². The van der Waals surface area contributed by atoms with Crippen molar-refractivity contribution in [3.63, 3.8) is 0 Å². The summed E-state index contributed by atoms with van der Waals surface area (Å²) >= 11 is 0. The standard InChI is InChI=1S/C32H39F2N3O3/c1-4-5-6-7-8-9-10-31(38)35-17-19-36(20-18-35)32(39)27-22-30(24-11-14-26(40-3)15-12-24)37(23(27)2)29-16-13-25(33)21-28(29)34/h11-16,21-22H,4-10,17-20H2,1-3H3. The van der Waals surface area contributed by atoms with Gasteiger partial charge in [0, 0.05) is 44.4 Å². The number of methoxy groups -OCH3 is 1. The normalized spacial score (nSPS) is 13.5. The number of rotatable bonds is 11. The summed E-state index contributed by atoms with van der Waals surface area (Å²) in [5.41, 5.74) is 2.54. The molecule has 6 nitrogen and oxygen atoms in total. The third-order valence-electron chi connectivity index (χ3n) is 7.68. The summed E-state index contributed by atoms with van der Waals surface area (Å²) in [6.07, 6.45) is 7.37. The van der Waals surface area contributed by atoms with Gasteiger partial charge in [-0.05, 0) is 61.4 Å². The van der Waals surface area contributed by atoms with Crippen molar-refractivity contribution in [1.82, 2.24) is 14.4 Å². The molecule has 1 saturated heterocycles. The van der Waals surface area contributed by atoms with Crippen molar-refractivity contribution in [2.45, 2.75) is 58.8 Å². The van der Waals surface area contributed by atoms with Gasteiger partial charge in [-0.25, -0.2) is 8.78 Å². The summed E-state index contributed by atoms with van der Waals surface area (Å²) < 4.78 is 35.6. The molecule has 0 N–H and O–H groups in total. The fraction of sp³-hybridized carbons (Fsp3) is 0.438. The second kappa shape index (κ2) is 13.6. The van der Waals surface area contributed by atoms with Crippen LogP contribution in [-0.4, -0.2) is 59.5 Å². The molecule has 2 aromatic carbocycles. The number of carbonyl (C=O) groups excluding carboxylic acids is 2. The number of aromatic nitrogens is 1. The van der Waals surface area contributed by atoms with Crippen molar-refractivity contribution < 1.29 is 23.1 Å². The Bertz CT molecular complexity index is 1310. The van der Waals surface area contributed by atoms with E-state index in [1.165, 1.54) is 37.8 Å². The smallest absolute Gasteiger partial charge is 0.255 e. The van der Waals surface area contributed by atoms with Crippen LogP contribution in [-0.2, 0) is 4.79 Å². The molecule has 1 aliphatic rings. The molecule has 1 fully saturated rings. The number of halogens is 2. The number of amides is 2. The molecule has 8 heteroatoms. The van der Waals surface area contributed by atoms with E-state index in [9.17, 15) is 18.4 Å². The molecule has 214 valence electrons. The maximum Gasteiger partial charge on any atom is 0.255 e. The van der Waals surface area contributed by atoms with Gasteiger partial charge in [0.25, 0.3) is 5.91 Å². The molecule has 2 heterocycles. The molecule has 4 rings (SSSR count). The molecule has 3 aromatic rings. The van der Waals surface area contributed by atoms with E-state index in [1.807, 2.05) is 17.0 Å². The summed E-state index contributed by atoms with van der Waals surface area (Å²) in [6.45, 7) is 5.83. The topological polar surface area (TPSA) is 54.8 Å². The fourth-order valence-corrected chi connectivity index (χ4v) is 5.31. The number of benzene rings is 2. The average Bonchev–Trinajstić information content (AvgIpc) is 3.31. The first kappa shape index (κ1) is 29.3. The van der Waals surface area contributed by atoms with E-state index in [1.54, 1.807) is 41.7 Å². The van der Waals surface area contributed by atoms with Gasteiger partial charge in [0.2, 0.25) is 5.91 Å². The Kier molecular flexibility index (Phi) is 9.96. The van der Waals surface area contributed by atoms with Gasteiger partial charge in [-0.1, -0.05) is 39.0 Å². The Morgan fingerprint density at radius 2 is 1.50 bits per heavy atom. The minimum Gasteiger partial charge on any atom is -0.497 e. The van der Waals surface area contributed by atoms with Gasteiger partial charge in [0.05, 0.1) is 24.1 Å². The van der Waals surface area contributed by atoms with E-state index in [-0.39, 0.29) is 17.5 Å². The molecule has 0 unspecified atom stereocenters. The molecule has 1 aromatic heterocycles. The molecule has 0 aliphatic carbocycles. The molecule has 0 saturated carbocycles. The third-order valence-corrected chi connectivity index (χ3v) is 7.68. The molecule has 0 spiro atoms. The predicted octanol–water partition coefficient (Wildman–Crippen LogP) is 6.77. The third kappa shape index (κ3) is 6.72. The Morgan fingerprint density at radius 1 is 0.850 bits per heavy atom. The van der Waals surface area contributed by atoms with E-state index in [0.717, 1.165) is 24.5 Å². The lowest BCUT2D eigenvalue weighted by Crippen LogP contribution is -2.50. The van der Waals surface area contributed by atoms with Crippen LogP contribution in [0.5, 0.6) is 5.75 Å². The summed E-state index contributed by atoms with van der Waals surface area (Å²) in [6, 6.07) is 12.5. The fourth-order valence-electron chi connectivity index (χ4n) is 5.31. The quantitative estimate of drug-likeness (QED) is 0.247. The Morgan fingerprint density at radius 3 is 2.15 bits per heavy atom. The van der Waals surface area contributed by atoms with Crippen molar-refractivity contribution >= 4 is 11.8 Å². The lowest BCUT2D eigenvalue weighted by atomic mass is 10.1. The zero-order valence-corrected chi connectivity index (χ0v) is 23.7. The van der Waals surface area contributed by atoms with Gasteiger partial charge < -0.3 is 19.1 Å². The molecule has 2 amide bonds.